The Morgan fingerprint density at radius 1 is 1.16 bits per heavy atom. The third-order valence-electron chi connectivity index (χ3n) is 7.43. The maximum Gasteiger partial charge on any atom is 0.221 e. The number of halogens is 2. The van der Waals surface area contributed by atoms with Crippen LogP contribution in [0.2, 0.25) is 5.02 Å². The van der Waals surface area contributed by atoms with Crippen LogP contribution in [0.3, 0.4) is 0 Å². The molecule has 10 heteroatoms. The first kappa shape index (κ1) is 25.5. The van der Waals surface area contributed by atoms with E-state index in [0.29, 0.717) is 34.3 Å². The molecule has 1 aromatic heterocycles. The second-order valence-electron chi connectivity index (χ2n) is 9.75. The molecule has 3 aromatic rings. The van der Waals surface area contributed by atoms with Crippen LogP contribution >= 0.6 is 11.6 Å². The van der Waals surface area contributed by atoms with Crippen LogP contribution < -0.4 is 20.5 Å². The van der Waals surface area contributed by atoms with Crippen molar-refractivity contribution in [1.29, 1.82) is 0 Å². The Bertz CT molecular complexity index is 1280. The highest BCUT2D eigenvalue weighted by atomic mass is 35.5. The summed E-state index contributed by atoms with van der Waals surface area (Å²) in [7, 11) is 1.60. The number of hydrogen-bond acceptors (Lipinski definition) is 7. The topological polar surface area (TPSA) is 103 Å². The lowest BCUT2D eigenvalue weighted by atomic mass is 9.88. The predicted molar refractivity (Wildman–Crippen MR) is 141 cm³/mol. The van der Waals surface area contributed by atoms with Gasteiger partial charge in [-0.15, -0.1) is 0 Å². The molecule has 1 atom stereocenters. The molecule has 3 N–H and O–H groups in total. The summed E-state index contributed by atoms with van der Waals surface area (Å²) >= 11 is 5.94. The van der Waals surface area contributed by atoms with E-state index in [9.17, 15) is 9.18 Å². The van der Waals surface area contributed by atoms with Gasteiger partial charge in [-0.3, -0.25) is 9.69 Å². The van der Waals surface area contributed by atoms with Crippen molar-refractivity contribution in [3.05, 3.63) is 47.5 Å². The number of likely N-dealkylation sites (tertiary alicyclic amines) is 1. The third-order valence-corrected chi connectivity index (χ3v) is 7.73. The fourth-order valence-corrected chi connectivity index (χ4v) is 5.60. The van der Waals surface area contributed by atoms with Gasteiger partial charge >= 0.3 is 0 Å². The average molecular weight is 528 g/mol. The summed E-state index contributed by atoms with van der Waals surface area (Å²) in [5, 5.41) is 3.74. The number of nitrogens with two attached hydrogens (primary N) is 1. The maximum absolute atomic E-state index is 14.5. The zero-order valence-corrected chi connectivity index (χ0v) is 21.5. The standard InChI is InChI=1S/C27H31ClFN5O3/c1-36-23-13-22-19(27(32-15-31-22)33-21-6-2-5-20(28)25(21)29)12-24(23)37-18-9-7-17(8-10-18)34-11-3-4-16(14-34)26(30)35/h2,5-6,12-13,15-18H,3-4,7-11,14H2,1H3,(H2,30,35)(H,31,32,33)/t16-,17?,18?/m1/s1. The van der Waals surface area contributed by atoms with E-state index in [4.69, 9.17) is 26.8 Å². The molecule has 196 valence electrons. The van der Waals surface area contributed by atoms with Gasteiger partial charge in [0.1, 0.15) is 12.1 Å². The number of nitrogens with zero attached hydrogens (tertiary/aromatic N) is 3. The van der Waals surface area contributed by atoms with Crippen LogP contribution in [0.15, 0.2) is 36.7 Å². The number of benzene rings is 2. The minimum absolute atomic E-state index is 0.0272. The molecule has 8 nitrogen and oxygen atoms in total. The number of hydrogen-bond donors (Lipinski definition) is 2. The number of primary amides is 1. The Hall–Kier alpha value is -3.17. The summed E-state index contributed by atoms with van der Waals surface area (Å²) in [4.78, 5) is 22.8. The molecule has 2 aromatic carbocycles. The first-order valence-corrected chi connectivity index (χ1v) is 13.0. The van der Waals surface area contributed by atoms with Crippen LogP contribution in [-0.2, 0) is 4.79 Å². The summed E-state index contributed by atoms with van der Waals surface area (Å²) in [6.07, 6.45) is 7.13. The second-order valence-corrected chi connectivity index (χ2v) is 10.2. The number of amides is 1. The van der Waals surface area contributed by atoms with Crippen molar-refractivity contribution >= 4 is 39.9 Å². The van der Waals surface area contributed by atoms with Gasteiger partial charge in [-0.25, -0.2) is 14.4 Å². The van der Waals surface area contributed by atoms with E-state index < -0.39 is 5.82 Å². The summed E-state index contributed by atoms with van der Waals surface area (Å²) in [6.45, 7) is 1.77. The molecule has 2 aliphatic rings. The van der Waals surface area contributed by atoms with Crippen molar-refractivity contribution in [3.8, 4) is 11.5 Å². The van der Waals surface area contributed by atoms with Crippen molar-refractivity contribution < 1.29 is 18.7 Å². The number of rotatable bonds is 7. The van der Waals surface area contributed by atoms with Gasteiger partial charge in [0.15, 0.2) is 17.3 Å². The number of piperidine rings is 1. The molecule has 1 amide bonds. The van der Waals surface area contributed by atoms with Crippen LogP contribution in [0.5, 0.6) is 11.5 Å². The number of ether oxygens (including phenoxy) is 2. The fourth-order valence-electron chi connectivity index (χ4n) is 5.42. The van der Waals surface area contributed by atoms with Crippen molar-refractivity contribution in [2.24, 2.45) is 11.7 Å². The molecule has 0 bridgehead atoms. The van der Waals surface area contributed by atoms with E-state index in [1.807, 2.05) is 6.07 Å². The minimum atomic E-state index is -0.548. The molecule has 5 rings (SSSR count). The van der Waals surface area contributed by atoms with Gasteiger partial charge in [0.25, 0.3) is 0 Å². The van der Waals surface area contributed by atoms with Crippen molar-refractivity contribution in [2.45, 2.75) is 50.7 Å². The Morgan fingerprint density at radius 3 is 2.73 bits per heavy atom. The minimum Gasteiger partial charge on any atom is -0.493 e. The number of nitrogens with one attached hydrogen (secondary N) is 1. The maximum atomic E-state index is 14.5. The van der Waals surface area contributed by atoms with E-state index in [0.717, 1.165) is 51.6 Å². The molecule has 1 saturated carbocycles. The van der Waals surface area contributed by atoms with E-state index in [1.54, 1.807) is 25.3 Å². The Labute approximate surface area is 220 Å². The Kier molecular flexibility index (Phi) is 7.62. The molecule has 2 heterocycles. The lowest BCUT2D eigenvalue weighted by molar-refractivity contribution is -0.123. The predicted octanol–water partition coefficient (Wildman–Crippen LogP) is 5.06. The highest BCUT2D eigenvalue weighted by molar-refractivity contribution is 6.31. The van der Waals surface area contributed by atoms with Gasteiger partial charge < -0.3 is 20.5 Å². The number of methoxy groups -OCH3 is 1. The second kappa shape index (κ2) is 11.1. The molecule has 0 radical (unpaired) electrons. The van der Waals surface area contributed by atoms with Gasteiger partial charge in [0.2, 0.25) is 5.91 Å². The summed E-state index contributed by atoms with van der Waals surface area (Å²) in [5.74, 6) is 0.823. The van der Waals surface area contributed by atoms with Crippen molar-refractivity contribution in [1.82, 2.24) is 14.9 Å². The smallest absolute Gasteiger partial charge is 0.221 e. The zero-order chi connectivity index (χ0) is 25.9. The lowest BCUT2D eigenvalue weighted by Gasteiger charge is -2.40. The third kappa shape index (κ3) is 5.57. The molecule has 0 unspecified atom stereocenters. The number of aromatic nitrogens is 2. The number of carbonyl (C=O) groups excluding carboxylic acids is 1. The molecule has 0 spiro atoms. The van der Waals surface area contributed by atoms with Crippen molar-refractivity contribution in [2.75, 3.05) is 25.5 Å². The van der Waals surface area contributed by atoms with Gasteiger partial charge in [0.05, 0.1) is 35.4 Å². The van der Waals surface area contributed by atoms with E-state index in [2.05, 4.69) is 20.2 Å². The first-order valence-electron chi connectivity index (χ1n) is 12.7. The highest BCUT2D eigenvalue weighted by Crippen LogP contribution is 2.38. The molecule has 2 fully saturated rings. The van der Waals surface area contributed by atoms with E-state index in [1.165, 1.54) is 12.4 Å². The summed E-state index contributed by atoms with van der Waals surface area (Å²) in [6, 6.07) is 8.85. The number of carbonyl (C=O) groups is 1. The van der Waals surface area contributed by atoms with Crippen LogP contribution in [0.4, 0.5) is 15.9 Å². The lowest BCUT2D eigenvalue weighted by Crippen LogP contribution is -2.47. The van der Waals surface area contributed by atoms with Crippen LogP contribution in [0.25, 0.3) is 10.9 Å². The quantitative estimate of drug-likeness (QED) is 0.442. The zero-order valence-electron chi connectivity index (χ0n) is 20.8. The number of anilines is 2. The molecule has 1 aliphatic heterocycles. The van der Waals surface area contributed by atoms with Crippen LogP contribution in [-0.4, -0.2) is 53.1 Å². The Morgan fingerprint density at radius 2 is 1.97 bits per heavy atom. The van der Waals surface area contributed by atoms with Crippen LogP contribution in [0, 0.1) is 11.7 Å². The number of fused-ring (bicyclic) bond motifs is 1. The van der Waals surface area contributed by atoms with Gasteiger partial charge in [-0.1, -0.05) is 17.7 Å². The SMILES string of the molecule is COc1cc2ncnc(Nc3cccc(Cl)c3F)c2cc1OC1CCC(N2CCC[C@@H](C(N)=O)C2)CC1. The fraction of sp³-hybridized carbons (Fsp3) is 0.444. The van der Waals surface area contributed by atoms with E-state index >= 15 is 0 Å². The van der Waals surface area contributed by atoms with E-state index in [-0.39, 0.29) is 28.6 Å². The largest absolute Gasteiger partial charge is 0.493 e. The van der Waals surface area contributed by atoms with Crippen molar-refractivity contribution in [3.63, 3.8) is 0 Å². The Balaban J connectivity index is 1.31. The molecular formula is C27H31ClFN5O3. The molecule has 1 aliphatic carbocycles. The van der Waals surface area contributed by atoms with Crippen LogP contribution in [0.1, 0.15) is 38.5 Å². The molecular weight excluding hydrogens is 497 g/mol. The monoisotopic (exact) mass is 527 g/mol. The summed E-state index contributed by atoms with van der Waals surface area (Å²) < 4.78 is 26.5. The molecule has 37 heavy (non-hydrogen) atoms. The van der Waals surface area contributed by atoms with Gasteiger partial charge in [-0.2, -0.15) is 0 Å². The molecule has 1 saturated heterocycles. The highest BCUT2D eigenvalue weighted by Gasteiger charge is 2.32. The van der Waals surface area contributed by atoms with Gasteiger partial charge in [-0.05, 0) is 63.3 Å². The summed E-state index contributed by atoms with van der Waals surface area (Å²) in [5.41, 5.74) is 6.43. The first-order chi connectivity index (χ1) is 17.9. The average Bonchev–Trinajstić information content (AvgIpc) is 2.91. The van der Waals surface area contributed by atoms with Gasteiger partial charge in [0, 0.05) is 24.0 Å². The normalized spacial score (nSPS) is 22.5.